The molecule has 1 N–H and O–H groups in total. The van der Waals surface area contributed by atoms with Crippen LogP contribution in [0.2, 0.25) is 0 Å². The third-order valence-electron chi connectivity index (χ3n) is 9.80. The third kappa shape index (κ3) is 10.3. The van der Waals surface area contributed by atoms with E-state index in [0.29, 0.717) is 12.3 Å². The summed E-state index contributed by atoms with van der Waals surface area (Å²) in [6.07, 6.45) is 7.45. The fourth-order valence-corrected chi connectivity index (χ4v) is 6.64. The van der Waals surface area contributed by atoms with Gasteiger partial charge in [-0.15, -0.1) is 29.1 Å². The monoisotopic (exact) mass is 869 g/mol. The molecule has 3 aromatic carbocycles. The minimum atomic E-state index is -0.362. The number of allylic oxidation sites excluding steroid dienone is 2. The minimum absolute atomic E-state index is 0. The Hall–Kier alpha value is -3.60. The molecule has 1 radical (unpaired) electrons. The zero-order chi connectivity index (χ0) is 36.6. The molecule has 5 rings (SSSR count). The van der Waals surface area contributed by atoms with Crippen molar-refractivity contribution in [3.63, 3.8) is 0 Å². The van der Waals surface area contributed by atoms with Gasteiger partial charge in [-0.3, -0.25) is 14.2 Å². The van der Waals surface area contributed by atoms with Gasteiger partial charge in [-0.2, -0.15) is 0 Å². The molecule has 51 heavy (non-hydrogen) atoms. The predicted octanol–water partition coefficient (Wildman–Crippen LogP) is 13.0. The Kier molecular flexibility index (Phi) is 15.4. The van der Waals surface area contributed by atoms with Gasteiger partial charge < -0.3 is 9.52 Å². The number of aliphatic hydroxyl groups excluding tert-OH is 1. The first-order valence-electron chi connectivity index (χ1n) is 18.3. The number of carbonyl (C=O) groups excluding carboxylic acids is 1. The summed E-state index contributed by atoms with van der Waals surface area (Å²) >= 11 is 0. The SMILES string of the molecule is CCC(CC)C(=O)/C=C(\O)C(CC)CC.Cc1cc(CC(C)(C)CF)ccc1-c1cc2ccnc(-c3[c-]c4ccccc4c(C(C)C)c3)c2o1.[Ir]. The molecule has 0 atom stereocenters. The van der Waals surface area contributed by atoms with Crippen LogP contribution in [0.1, 0.15) is 104 Å². The Labute approximate surface area is 318 Å². The summed E-state index contributed by atoms with van der Waals surface area (Å²) in [7, 11) is 0. The molecule has 2 heterocycles. The number of hydrogen-bond donors (Lipinski definition) is 1. The summed E-state index contributed by atoms with van der Waals surface area (Å²) in [6.45, 7) is 18.2. The second kappa shape index (κ2) is 18.8. The fourth-order valence-electron chi connectivity index (χ4n) is 6.64. The number of pyridine rings is 1. The average Bonchev–Trinajstić information content (AvgIpc) is 3.53. The van der Waals surface area contributed by atoms with Gasteiger partial charge in [-0.1, -0.05) is 103 Å². The van der Waals surface area contributed by atoms with Crippen molar-refractivity contribution in [2.75, 3.05) is 6.67 Å². The number of ketones is 1. The largest absolute Gasteiger partial charge is 0.512 e. The van der Waals surface area contributed by atoms with Crippen molar-refractivity contribution in [1.29, 1.82) is 0 Å². The summed E-state index contributed by atoms with van der Waals surface area (Å²) in [4.78, 5) is 16.4. The summed E-state index contributed by atoms with van der Waals surface area (Å²) in [6, 6.07) is 24.5. The van der Waals surface area contributed by atoms with Gasteiger partial charge in [0.25, 0.3) is 0 Å². The summed E-state index contributed by atoms with van der Waals surface area (Å²) < 4.78 is 19.8. The number of aliphatic hydroxyl groups is 1. The molecule has 0 aliphatic heterocycles. The zero-order valence-corrected chi connectivity index (χ0v) is 34.2. The quantitative estimate of drug-likeness (QED) is 0.0727. The van der Waals surface area contributed by atoms with E-state index < -0.39 is 0 Å². The van der Waals surface area contributed by atoms with Crippen LogP contribution in [0, 0.1) is 30.2 Å². The Morgan fingerprint density at radius 3 is 2.24 bits per heavy atom. The van der Waals surface area contributed by atoms with Gasteiger partial charge in [0.1, 0.15) is 11.3 Å². The summed E-state index contributed by atoms with van der Waals surface area (Å²) in [5, 5.41) is 13.1. The number of benzene rings is 3. The molecule has 0 saturated heterocycles. The minimum Gasteiger partial charge on any atom is -0.512 e. The third-order valence-corrected chi connectivity index (χ3v) is 9.80. The second-order valence-electron chi connectivity index (χ2n) is 14.6. The van der Waals surface area contributed by atoms with Crippen molar-refractivity contribution in [2.45, 2.75) is 100 Å². The van der Waals surface area contributed by atoms with Crippen molar-refractivity contribution in [1.82, 2.24) is 4.98 Å². The number of furan rings is 1. The van der Waals surface area contributed by atoms with Crippen molar-refractivity contribution >= 4 is 27.5 Å². The van der Waals surface area contributed by atoms with Gasteiger partial charge in [0.15, 0.2) is 5.78 Å². The molecule has 6 heteroatoms. The van der Waals surface area contributed by atoms with Crippen LogP contribution in [0.5, 0.6) is 0 Å². The molecule has 0 spiro atoms. The number of hydrogen-bond acceptors (Lipinski definition) is 4. The molecule has 0 aliphatic rings. The van der Waals surface area contributed by atoms with Gasteiger partial charge in [-0.05, 0) is 73.6 Å². The number of rotatable bonds is 13. The van der Waals surface area contributed by atoms with Crippen LogP contribution in [0.15, 0.2) is 83.1 Å². The summed E-state index contributed by atoms with van der Waals surface area (Å²) in [5.74, 6) is 1.74. The van der Waals surface area contributed by atoms with Crippen molar-refractivity contribution in [3.8, 4) is 22.6 Å². The molecule has 275 valence electrons. The molecule has 4 nitrogen and oxygen atoms in total. The predicted molar refractivity (Wildman–Crippen MR) is 207 cm³/mol. The van der Waals surface area contributed by atoms with Gasteiger partial charge >= 0.3 is 0 Å². The molecule has 0 amide bonds. The van der Waals surface area contributed by atoms with Gasteiger partial charge in [0.05, 0.1) is 12.4 Å². The van der Waals surface area contributed by atoms with E-state index in [9.17, 15) is 14.3 Å². The van der Waals surface area contributed by atoms with Crippen molar-refractivity contribution in [2.24, 2.45) is 17.3 Å². The maximum atomic E-state index is 13.3. The molecule has 0 bridgehead atoms. The van der Waals surface area contributed by atoms with E-state index in [1.165, 1.54) is 17.0 Å². The van der Waals surface area contributed by atoms with E-state index in [-0.39, 0.29) is 55.6 Å². The molecule has 2 aromatic heterocycles. The molecule has 0 saturated carbocycles. The second-order valence-corrected chi connectivity index (χ2v) is 14.6. The Balaban J connectivity index is 0.000000374. The number of alkyl halides is 1. The molecule has 0 aliphatic carbocycles. The van der Waals surface area contributed by atoms with E-state index in [2.05, 4.69) is 75.4 Å². The van der Waals surface area contributed by atoms with Crippen LogP contribution in [-0.2, 0) is 31.3 Å². The van der Waals surface area contributed by atoms with E-state index in [1.807, 2.05) is 59.9 Å². The first-order valence-corrected chi connectivity index (χ1v) is 18.3. The normalized spacial score (nSPS) is 12.1. The molecular formula is C45H55FIrNO3-. The molecule has 0 fully saturated rings. The van der Waals surface area contributed by atoms with Crippen LogP contribution >= 0.6 is 0 Å². The zero-order valence-electron chi connectivity index (χ0n) is 31.8. The average molecular weight is 869 g/mol. The topological polar surface area (TPSA) is 63.3 Å². The number of aromatic nitrogens is 1. The fraction of sp³-hybridized carbons (Fsp3) is 0.422. The van der Waals surface area contributed by atoms with E-state index >= 15 is 0 Å². The van der Waals surface area contributed by atoms with Crippen LogP contribution in [-0.4, -0.2) is 22.5 Å². The van der Waals surface area contributed by atoms with E-state index in [1.54, 1.807) is 0 Å². The summed E-state index contributed by atoms with van der Waals surface area (Å²) in [5.41, 5.74) is 6.73. The first kappa shape index (κ1) is 41.8. The number of fused-ring (bicyclic) bond motifs is 2. The smallest absolute Gasteiger partial charge is 0.162 e. The number of aryl methyl sites for hydroxylation is 1. The van der Waals surface area contributed by atoms with Gasteiger partial charge in [0.2, 0.25) is 0 Å². The maximum Gasteiger partial charge on any atom is 0.162 e. The molecular weight excluding hydrogens is 814 g/mol. The van der Waals surface area contributed by atoms with Gasteiger partial charge in [-0.25, -0.2) is 0 Å². The molecule has 0 unspecified atom stereocenters. The molecule has 5 aromatic rings. The Morgan fingerprint density at radius 2 is 1.63 bits per heavy atom. The number of nitrogens with zero attached hydrogens (tertiary/aromatic N) is 1. The van der Waals surface area contributed by atoms with Crippen LogP contribution < -0.4 is 0 Å². The van der Waals surface area contributed by atoms with Crippen LogP contribution in [0.4, 0.5) is 4.39 Å². The number of carbonyl (C=O) groups is 1. The maximum absolute atomic E-state index is 13.3. The number of halogens is 1. The van der Waals surface area contributed by atoms with Crippen molar-refractivity contribution in [3.05, 3.63) is 101 Å². The van der Waals surface area contributed by atoms with E-state index in [4.69, 9.17) is 9.40 Å². The van der Waals surface area contributed by atoms with Crippen LogP contribution in [0.25, 0.3) is 44.3 Å². The van der Waals surface area contributed by atoms with Crippen molar-refractivity contribution < 1.29 is 38.8 Å². The van der Waals surface area contributed by atoms with E-state index in [0.717, 1.165) is 75.7 Å². The standard InChI is InChI=1S/C32H31FNO.C13H24O2.Ir/c1-20(2)28-16-25(15-23-8-6-7-9-27(23)28)30-31-24(12-13-34-30)17-29(35-31)26-11-10-22(14-21(26)3)18-32(4,5)19-33;1-5-10(6-2)12(14)9-13(15)11(7-3)8-4;/h6-14,16-17,20H,18-19H2,1-5H3;9-11,14H,5-8H2,1-4H3;/q-1;;/b;12-9-;. The van der Waals surface area contributed by atoms with Crippen LogP contribution in [0.3, 0.4) is 0 Å². The van der Waals surface area contributed by atoms with Gasteiger partial charge in [0, 0.05) is 60.9 Å². The Bertz CT molecular complexity index is 1930. The first-order chi connectivity index (χ1) is 23.9. The Morgan fingerprint density at radius 1 is 0.961 bits per heavy atom.